The lowest BCUT2D eigenvalue weighted by atomic mass is 10.1. The third kappa shape index (κ3) is 3.07. The van der Waals surface area contributed by atoms with Crippen LogP contribution in [0.5, 0.6) is 0 Å². The molecular formula is C18H20N2O. The summed E-state index contributed by atoms with van der Waals surface area (Å²) in [5, 5.41) is 0. The average molecular weight is 280 g/mol. The van der Waals surface area contributed by atoms with Crippen LogP contribution in [0.3, 0.4) is 0 Å². The van der Waals surface area contributed by atoms with Crippen molar-refractivity contribution in [3.05, 3.63) is 65.2 Å². The molecule has 0 spiro atoms. The fourth-order valence-electron chi connectivity index (χ4n) is 2.61. The van der Waals surface area contributed by atoms with Gasteiger partial charge in [0.25, 0.3) is 5.91 Å². The van der Waals surface area contributed by atoms with E-state index in [0.717, 1.165) is 12.8 Å². The molecule has 2 N–H and O–H groups in total. The number of rotatable bonds is 4. The maximum Gasteiger partial charge on any atom is 0.256 e. The number of anilines is 1. The summed E-state index contributed by atoms with van der Waals surface area (Å²) in [5.41, 5.74) is 9.50. The van der Waals surface area contributed by atoms with Gasteiger partial charge in [0.05, 0.1) is 5.56 Å². The molecule has 21 heavy (non-hydrogen) atoms. The van der Waals surface area contributed by atoms with Gasteiger partial charge in [0, 0.05) is 18.3 Å². The lowest BCUT2D eigenvalue weighted by Crippen LogP contribution is -2.33. The van der Waals surface area contributed by atoms with Crippen molar-refractivity contribution < 1.29 is 4.79 Å². The molecular weight excluding hydrogens is 260 g/mol. The fourth-order valence-corrected chi connectivity index (χ4v) is 2.61. The van der Waals surface area contributed by atoms with Crippen LogP contribution in [0, 0.1) is 6.92 Å². The monoisotopic (exact) mass is 280 g/mol. The lowest BCUT2D eigenvalue weighted by molar-refractivity contribution is 0.0731. The summed E-state index contributed by atoms with van der Waals surface area (Å²) in [6.45, 7) is 2.72. The summed E-state index contributed by atoms with van der Waals surface area (Å²) in [7, 11) is 0. The maximum atomic E-state index is 12.8. The smallest absolute Gasteiger partial charge is 0.256 e. The van der Waals surface area contributed by atoms with Gasteiger partial charge in [-0.25, -0.2) is 0 Å². The predicted molar refractivity (Wildman–Crippen MR) is 84.9 cm³/mol. The van der Waals surface area contributed by atoms with E-state index >= 15 is 0 Å². The molecule has 0 bridgehead atoms. The first kappa shape index (κ1) is 13.7. The van der Waals surface area contributed by atoms with Crippen molar-refractivity contribution in [2.45, 2.75) is 32.4 Å². The summed E-state index contributed by atoms with van der Waals surface area (Å²) in [5.74, 6) is 0.0390. The van der Waals surface area contributed by atoms with Crippen molar-refractivity contribution in [1.82, 2.24) is 4.90 Å². The largest absolute Gasteiger partial charge is 0.398 e. The van der Waals surface area contributed by atoms with Crippen molar-refractivity contribution >= 4 is 11.6 Å². The Hall–Kier alpha value is -2.29. The second kappa shape index (κ2) is 5.60. The van der Waals surface area contributed by atoms with Gasteiger partial charge in [0.1, 0.15) is 0 Å². The number of nitrogen functional groups attached to an aromatic ring is 1. The molecule has 2 aromatic rings. The molecule has 2 aromatic carbocycles. The molecule has 0 aliphatic heterocycles. The van der Waals surface area contributed by atoms with Crippen LogP contribution in [0.25, 0.3) is 0 Å². The van der Waals surface area contributed by atoms with Gasteiger partial charge >= 0.3 is 0 Å². The number of carbonyl (C=O) groups is 1. The van der Waals surface area contributed by atoms with E-state index < -0.39 is 0 Å². The normalized spacial score (nSPS) is 14.0. The summed E-state index contributed by atoms with van der Waals surface area (Å²) >= 11 is 0. The Labute approximate surface area is 125 Å². The highest BCUT2D eigenvalue weighted by Crippen LogP contribution is 2.30. The third-order valence-corrected chi connectivity index (χ3v) is 3.88. The van der Waals surface area contributed by atoms with Crippen LogP contribution in [0.2, 0.25) is 0 Å². The van der Waals surface area contributed by atoms with Crippen LogP contribution in [0.1, 0.15) is 34.3 Å². The number of nitrogens with two attached hydrogens (primary N) is 1. The van der Waals surface area contributed by atoms with Crippen molar-refractivity contribution in [3.8, 4) is 0 Å². The molecule has 1 saturated carbocycles. The van der Waals surface area contributed by atoms with Crippen LogP contribution >= 0.6 is 0 Å². The fraction of sp³-hybridized carbons (Fsp3) is 0.278. The molecule has 1 fully saturated rings. The highest BCUT2D eigenvalue weighted by molar-refractivity contribution is 5.99. The minimum absolute atomic E-state index is 0.0390. The quantitative estimate of drug-likeness (QED) is 0.873. The summed E-state index contributed by atoms with van der Waals surface area (Å²) in [6, 6.07) is 16.0. The number of carbonyl (C=O) groups excluding carboxylic acids is 1. The van der Waals surface area contributed by atoms with Crippen LogP contribution in [-0.4, -0.2) is 16.8 Å². The molecule has 0 atom stereocenters. The summed E-state index contributed by atoms with van der Waals surface area (Å²) < 4.78 is 0. The number of para-hydroxylation sites is 1. The Morgan fingerprint density at radius 2 is 1.95 bits per heavy atom. The van der Waals surface area contributed by atoms with Gasteiger partial charge in [0.2, 0.25) is 0 Å². The molecule has 0 radical (unpaired) electrons. The topological polar surface area (TPSA) is 46.3 Å². The molecule has 108 valence electrons. The molecule has 1 amide bonds. The summed E-state index contributed by atoms with van der Waals surface area (Å²) in [4.78, 5) is 14.7. The zero-order chi connectivity index (χ0) is 14.8. The van der Waals surface area contributed by atoms with E-state index in [4.69, 9.17) is 5.73 Å². The van der Waals surface area contributed by atoms with Crippen molar-refractivity contribution in [1.29, 1.82) is 0 Å². The zero-order valence-corrected chi connectivity index (χ0v) is 12.3. The van der Waals surface area contributed by atoms with Gasteiger partial charge in [-0.15, -0.1) is 0 Å². The molecule has 3 heteroatoms. The third-order valence-electron chi connectivity index (χ3n) is 3.88. The minimum atomic E-state index is 0.0390. The number of hydrogen-bond acceptors (Lipinski definition) is 2. The first-order valence-electron chi connectivity index (χ1n) is 7.36. The first-order valence-corrected chi connectivity index (χ1v) is 7.36. The Kier molecular flexibility index (Phi) is 3.65. The van der Waals surface area contributed by atoms with Crippen LogP contribution in [0.15, 0.2) is 48.5 Å². The number of benzene rings is 2. The van der Waals surface area contributed by atoms with Gasteiger partial charge in [-0.1, -0.05) is 42.0 Å². The molecule has 3 nitrogen and oxygen atoms in total. The predicted octanol–water partition coefficient (Wildman–Crippen LogP) is 3.38. The van der Waals surface area contributed by atoms with Gasteiger partial charge in [-0.3, -0.25) is 4.79 Å². The van der Waals surface area contributed by atoms with E-state index in [2.05, 4.69) is 25.1 Å². The molecule has 0 heterocycles. The SMILES string of the molecule is Cc1cccc(CN(C(=O)c2ccccc2N)C2CC2)c1. The van der Waals surface area contributed by atoms with E-state index in [1.807, 2.05) is 29.2 Å². The van der Waals surface area contributed by atoms with Gasteiger partial charge in [-0.05, 0) is 37.5 Å². The lowest BCUT2D eigenvalue weighted by Gasteiger charge is -2.23. The first-order chi connectivity index (χ1) is 10.1. The standard InChI is InChI=1S/C18H20N2O/c1-13-5-4-6-14(11-13)12-20(15-9-10-15)18(21)16-7-2-3-8-17(16)19/h2-8,11,15H,9-10,12,19H2,1H3. The molecule has 1 aliphatic rings. The minimum Gasteiger partial charge on any atom is -0.398 e. The average Bonchev–Trinajstić information content (AvgIpc) is 3.29. The maximum absolute atomic E-state index is 12.8. The number of aryl methyl sites for hydroxylation is 1. The Bertz CT molecular complexity index is 662. The van der Waals surface area contributed by atoms with Crippen LogP contribution in [0.4, 0.5) is 5.69 Å². The molecule has 0 aromatic heterocycles. The van der Waals surface area contributed by atoms with E-state index in [1.54, 1.807) is 6.07 Å². The van der Waals surface area contributed by atoms with Crippen LogP contribution < -0.4 is 5.73 Å². The van der Waals surface area contributed by atoms with Crippen molar-refractivity contribution in [3.63, 3.8) is 0 Å². The Balaban J connectivity index is 1.85. The van der Waals surface area contributed by atoms with E-state index in [9.17, 15) is 4.79 Å². The Morgan fingerprint density at radius 3 is 2.62 bits per heavy atom. The van der Waals surface area contributed by atoms with Crippen LogP contribution in [-0.2, 0) is 6.54 Å². The zero-order valence-electron chi connectivity index (χ0n) is 12.3. The van der Waals surface area contributed by atoms with Crippen molar-refractivity contribution in [2.75, 3.05) is 5.73 Å². The van der Waals surface area contributed by atoms with Gasteiger partial charge in [0.15, 0.2) is 0 Å². The molecule has 0 saturated heterocycles. The van der Waals surface area contributed by atoms with Gasteiger partial charge < -0.3 is 10.6 Å². The second-order valence-corrected chi connectivity index (χ2v) is 5.74. The second-order valence-electron chi connectivity index (χ2n) is 5.74. The van der Waals surface area contributed by atoms with E-state index in [1.165, 1.54) is 11.1 Å². The number of nitrogens with zero attached hydrogens (tertiary/aromatic N) is 1. The van der Waals surface area contributed by atoms with Crippen molar-refractivity contribution in [2.24, 2.45) is 0 Å². The molecule has 0 unspecified atom stereocenters. The number of hydrogen-bond donors (Lipinski definition) is 1. The summed E-state index contributed by atoms with van der Waals surface area (Å²) in [6.07, 6.45) is 2.18. The highest BCUT2D eigenvalue weighted by Gasteiger charge is 2.33. The molecule has 1 aliphatic carbocycles. The van der Waals surface area contributed by atoms with E-state index in [0.29, 0.717) is 23.8 Å². The number of amides is 1. The Morgan fingerprint density at radius 1 is 1.19 bits per heavy atom. The van der Waals surface area contributed by atoms with Gasteiger partial charge in [-0.2, -0.15) is 0 Å². The highest BCUT2D eigenvalue weighted by atomic mass is 16.2. The molecule has 3 rings (SSSR count). The van der Waals surface area contributed by atoms with E-state index in [-0.39, 0.29) is 5.91 Å².